The predicted octanol–water partition coefficient (Wildman–Crippen LogP) is 4.28. The maximum Gasteiger partial charge on any atom is 0.170 e. The van der Waals surface area contributed by atoms with Gasteiger partial charge in [-0.1, -0.05) is 35.5 Å². The van der Waals surface area contributed by atoms with Gasteiger partial charge in [0.05, 0.1) is 6.10 Å². The summed E-state index contributed by atoms with van der Waals surface area (Å²) in [4.78, 5) is 9.50. The number of aromatic nitrogens is 1. The van der Waals surface area contributed by atoms with Gasteiger partial charge in [0, 0.05) is 23.5 Å². The molecule has 29 heavy (non-hydrogen) atoms. The van der Waals surface area contributed by atoms with Crippen LogP contribution in [-0.4, -0.2) is 16.9 Å². The van der Waals surface area contributed by atoms with Gasteiger partial charge in [-0.2, -0.15) is 0 Å². The quantitative estimate of drug-likeness (QED) is 0.334. The molecule has 0 bridgehead atoms. The molecule has 0 saturated heterocycles. The van der Waals surface area contributed by atoms with Crippen molar-refractivity contribution in [1.29, 1.82) is 0 Å². The van der Waals surface area contributed by atoms with Crippen LogP contribution in [0.5, 0.6) is 11.5 Å². The zero-order valence-electron chi connectivity index (χ0n) is 16.6. The van der Waals surface area contributed by atoms with Crippen molar-refractivity contribution in [3.05, 3.63) is 89.7 Å². The minimum Gasteiger partial charge on any atom is -0.491 e. The summed E-state index contributed by atoms with van der Waals surface area (Å²) in [5, 5.41) is 4.03. The van der Waals surface area contributed by atoms with Crippen molar-refractivity contribution in [3.8, 4) is 11.5 Å². The summed E-state index contributed by atoms with van der Waals surface area (Å²) in [5.74, 6) is 1.78. The van der Waals surface area contributed by atoms with E-state index in [1.807, 2.05) is 74.5 Å². The lowest BCUT2D eigenvalue weighted by atomic mass is 10.2. The fourth-order valence-electron chi connectivity index (χ4n) is 2.61. The van der Waals surface area contributed by atoms with Crippen molar-refractivity contribution in [1.82, 2.24) is 4.98 Å². The Kier molecular flexibility index (Phi) is 7.05. The van der Waals surface area contributed by atoms with Gasteiger partial charge in [0.2, 0.25) is 0 Å². The highest BCUT2D eigenvalue weighted by Crippen LogP contribution is 2.17. The number of rotatable bonds is 9. The molecule has 0 amide bonds. The van der Waals surface area contributed by atoms with E-state index in [0.29, 0.717) is 19.0 Å². The van der Waals surface area contributed by atoms with Crippen LogP contribution in [0.1, 0.15) is 30.5 Å². The van der Waals surface area contributed by atoms with E-state index in [9.17, 15) is 0 Å². The second kappa shape index (κ2) is 10.1. The number of hydrogen-bond donors (Lipinski definition) is 1. The minimum absolute atomic E-state index is 0.118. The lowest BCUT2D eigenvalue weighted by Crippen LogP contribution is -2.14. The summed E-state index contributed by atoms with van der Waals surface area (Å²) >= 11 is 0. The number of nitrogens with two attached hydrogens (primary N) is 1. The fourth-order valence-corrected chi connectivity index (χ4v) is 2.61. The monoisotopic (exact) mass is 391 g/mol. The first-order valence-corrected chi connectivity index (χ1v) is 9.43. The van der Waals surface area contributed by atoms with Gasteiger partial charge < -0.3 is 20.0 Å². The molecule has 0 aliphatic carbocycles. The largest absolute Gasteiger partial charge is 0.491 e. The van der Waals surface area contributed by atoms with Crippen molar-refractivity contribution >= 4 is 5.84 Å². The normalized spacial score (nSPS) is 11.3. The third-order valence-corrected chi connectivity index (χ3v) is 3.92. The van der Waals surface area contributed by atoms with E-state index in [-0.39, 0.29) is 11.9 Å². The van der Waals surface area contributed by atoms with Crippen LogP contribution in [0.25, 0.3) is 0 Å². The van der Waals surface area contributed by atoms with Gasteiger partial charge in [-0.25, -0.2) is 0 Å². The third-order valence-electron chi connectivity index (χ3n) is 3.92. The molecular formula is C23H25N3O3. The molecule has 0 aliphatic rings. The molecular weight excluding hydrogens is 366 g/mol. The highest BCUT2D eigenvalue weighted by molar-refractivity contribution is 5.97. The van der Waals surface area contributed by atoms with Crippen LogP contribution < -0.4 is 15.2 Å². The molecule has 1 heterocycles. The van der Waals surface area contributed by atoms with E-state index in [2.05, 4.69) is 10.1 Å². The first kappa shape index (κ1) is 20.2. The van der Waals surface area contributed by atoms with Gasteiger partial charge >= 0.3 is 0 Å². The van der Waals surface area contributed by atoms with Gasteiger partial charge in [-0.15, -0.1) is 0 Å². The van der Waals surface area contributed by atoms with Gasteiger partial charge in [0.25, 0.3) is 0 Å². The van der Waals surface area contributed by atoms with E-state index in [4.69, 9.17) is 20.0 Å². The standard InChI is InChI=1S/C23H25N3O3/c1-17(2)29-22-10-3-6-18(12-22)16-28-26-23(24)20-8-4-9-21(13-20)27-15-19-7-5-11-25-14-19/h3-14,17H,15-16H2,1-2H3,(H2,24,26). The van der Waals surface area contributed by atoms with Gasteiger partial charge in [0.1, 0.15) is 24.7 Å². The van der Waals surface area contributed by atoms with E-state index in [1.165, 1.54) is 0 Å². The van der Waals surface area contributed by atoms with Gasteiger partial charge in [-0.05, 0) is 49.7 Å². The molecule has 0 saturated carbocycles. The van der Waals surface area contributed by atoms with Crippen LogP contribution in [0, 0.1) is 0 Å². The average Bonchev–Trinajstić information content (AvgIpc) is 2.73. The maximum atomic E-state index is 6.07. The first-order valence-electron chi connectivity index (χ1n) is 9.43. The van der Waals surface area contributed by atoms with Crippen LogP contribution in [-0.2, 0) is 18.1 Å². The molecule has 3 rings (SSSR count). The van der Waals surface area contributed by atoms with Crippen LogP contribution >= 0.6 is 0 Å². The van der Waals surface area contributed by atoms with Crippen LogP contribution in [0.2, 0.25) is 0 Å². The smallest absolute Gasteiger partial charge is 0.170 e. The average molecular weight is 391 g/mol. The van der Waals surface area contributed by atoms with E-state index < -0.39 is 0 Å². The highest BCUT2D eigenvalue weighted by Gasteiger charge is 2.04. The van der Waals surface area contributed by atoms with Crippen molar-refractivity contribution < 1.29 is 14.3 Å². The molecule has 0 spiro atoms. The number of hydrogen-bond acceptors (Lipinski definition) is 5. The Hall–Kier alpha value is -3.54. The molecule has 2 aromatic carbocycles. The molecule has 150 valence electrons. The lowest BCUT2D eigenvalue weighted by molar-refractivity contribution is 0.130. The summed E-state index contributed by atoms with van der Waals surface area (Å²) in [6, 6.07) is 19.0. The van der Waals surface area contributed by atoms with Crippen molar-refractivity contribution in [2.24, 2.45) is 10.9 Å². The predicted molar refractivity (Wildman–Crippen MR) is 113 cm³/mol. The van der Waals surface area contributed by atoms with Gasteiger partial charge in [-0.3, -0.25) is 4.98 Å². The molecule has 0 fully saturated rings. The topological polar surface area (TPSA) is 79.0 Å². The molecule has 0 atom stereocenters. The third kappa shape index (κ3) is 6.53. The van der Waals surface area contributed by atoms with Crippen LogP contribution in [0.3, 0.4) is 0 Å². The Bertz CT molecular complexity index is 943. The second-order valence-corrected chi connectivity index (χ2v) is 6.74. The van der Waals surface area contributed by atoms with Crippen molar-refractivity contribution in [2.75, 3.05) is 0 Å². The van der Waals surface area contributed by atoms with Crippen molar-refractivity contribution in [2.45, 2.75) is 33.2 Å². The highest BCUT2D eigenvalue weighted by atomic mass is 16.6. The zero-order chi connectivity index (χ0) is 20.5. The number of ether oxygens (including phenoxy) is 2. The number of pyridine rings is 1. The number of nitrogens with zero attached hydrogens (tertiary/aromatic N) is 2. The molecule has 0 unspecified atom stereocenters. The summed E-state index contributed by atoms with van der Waals surface area (Å²) in [5.41, 5.74) is 8.74. The molecule has 6 heteroatoms. The fraction of sp³-hybridized carbons (Fsp3) is 0.217. The second-order valence-electron chi connectivity index (χ2n) is 6.74. The van der Waals surface area contributed by atoms with Gasteiger partial charge in [0.15, 0.2) is 5.84 Å². The Morgan fingerprint density at radius 2 is 1.76 bits per heavy atom. The Balaban J connectivity index is 1.57. The number of oxime groups is 1. The Labute approximate surface area is 170 Å². The summed E-state index contributed by atoms with van der Waals surface area (Å²) in [6.45, 7) is 4.71. The minimum atomic E-state index is 0.118. The van der Waals surface area contributed by atoms with Crippen LogP contribution in [0.15, 0.2) is 78.2 Å². The molecule has 2 N–H and O–H groups in total. The molecule has 6 nitrogen and oxygen atoms in total. The Morgan fingerprint density at radius 3 is 2.55 bits per heavy atom. The zero-order valence-corrected chi connectivity index (χ0v) is 16.6. The summed E-state index contributed by atoms with van der Waals surface area (Å²) in [6.07, 6.45) is 3.62. The molecule has 1 aromatic heterocycles. The van der Waals surface area contributed by atoms with Crippen LogP contribution in [0.4, 0.5) is 0 Å². The van der Waals surface area contributed by atoms with E-state index >= 15 is 0 Å². The summed E-state index contributed by atoms with van der Waals surface area (Å²) in [7, 11) is 0. The van der Waals surface area contributed by atoms with E-state index in [1.54, 1.807) is 12.4 Å². The molecule has 0 radical (unpaired) electrons. The maximum absolute atomic E-state index is 6.07. The van der Waals surface area contributed by atoms with Crippen molar-refractivity contribution in [3.63, 3.8) is 0 Å². The molecule has 0 aliphatic heterocycles. The number of amidine groups is 1. The lowest BCUT2D eigenvalue weighted by Gasteiger charge is -2.10. The SMILES string of the molecule is CC(C)Oc1cccc(CO/N=C(/N)c2cccc(OCc3cccnc3)c2)c1. The summed E-state index contributed by atoms with van der Waals surface area (Å²) < 4.78 is 11.5. The van der Waals surface area contributed by atoms with E-state index in [0.717, 1.165) is 22.4 Å². The molecule has 3 aromatic rings. The first-order chi connectivity index (χ1) is 14.1. The number of benzene rings is 2. The Morgan fingerprint density at radius 1 is 0.966 bits per heavy atom.